The molecule has 0 bridgehead atoms. The number of benzene rings is 1. The van der Waals surface area contributed by atoms with Crippen molar-refractivity contribution in [1.29, 1.82) is 0 Å². The fourth-order valence-electron chi connectivity index (χ4n) is 2.19. The maximum Gasteiger partial charge on any atom is 0.254 e. The molecule has 1 amide bonds. The Labute approximate surface area is 130 Å². The highest BCUT2D eigenvalue weighted by Gasteiger charge is 2.15. The molecule has 1 heterocycles. The zero-order valence-corrected chi connectivity index (χ0v) is 13.4. The monoisotopic (exact) mass is 303 g/mol. The zero-order valence-electron chi connectivity index (χ0n) is 13.4. The fourth-order valence-corrected chi connectivity index (χ4v) is 2.19. The molecule has 0 N–H and O–H groups in total. The van der Waals surface area contributed by atoms with E-state index in [-0.39, 0.29) is 5.91 Å². The van der Waals surface area contributed by atoms with Gasteiger partial charge >= 0.3 is 0 Å². The second kappa shape index (κ2) is 6.98. The lowest BCUT2D eigenvalue weighted by Gasteiger charge is -2.17. The van der Waals surface area contributed by atoms with Crippen molar-refractivity contribution in [3.63, 3.8) is 0 Å². The van der Waals surface area contributed by atoms with Gasteiger partial charge in [-0.15, -0.1) is 0 Å². The number of nitrogens with zero attached hydrogens (tertiary/aromatic N) is 3. The molecule has 0 unspecified atom stereocenters. The topological polar surface area (TPSA) is 56.6 Å². The van der Waals surface area contributed by atoms with E-state index in [4.69, 9.17) is 9.47 Å². The first-order valence-corrected chi connectivity index (χ1v) is 7.09. The number of aryl methyl sites for hydroxylation is 1. The third-order valence-electron chi connectivity index (χ3n) is 3.24. The Bertz CT molecular complexity index is 652. The normalized spacial score (nSPS) is 10.4. The SMILES string of the molecule is CCOc1ccc(C(=O)N(C)Cc2cnn(C)c2)cc1OC. The smallest absolute Gasteiger partial charge is 0.254 e. The first kappa shape index (κ1) is 15.9. The van der Waals surface area contributed by atoms with Crippen LogP contribution in [0.1, 0.15) is 22.8 Å². The molecule has 0 radical (unpaired) electrons. The van der Waals surface area contributed by atoms with Crippen LogP contribution in [0.3, 0.4) is 0 Å². The van der Waals surface area contributed by atoms with Gasteiger partial charge in [-0.05, 0) is 25.1 Å². The second-order valence-electron chi connectivity index (χ2n) is 4.98. The molecule has 0 aliphatic heterocycles. The Kier molecular flexibility index (Phi) is 5.04. The molecule has 0 fully saturated rings. The van der Waals surface area contributed by atoms with Crippen LogP contribution in [0.4, 0.5) is 0 Å². The van der Waals surface area contributed by atoms with E-state index in [9.17, 15) is 4.79 Å². The van der Waals surface area contributed by atoms with Crippen molar-refractivity contribution in [2.24, 2.45) is 7.05 Å². The third-order valence-corrected chi connectivity index (χ3v) is 3.24. The highest BCUT2D eigenvalue weighted by atomic mass is 16.5. The molecule has 6 nitrogen and oxygen atoms in total. The highest BCUT2D eigenvalue weighted by molar-refractivity contribution is 5.94. The summed E-state index contributed by atoms with van der Waals surface area (Å²) in [6.45, 7) is 2.95. The standard InChI is InChI=1S/C16H21N3O3/c1-5-22-14-7-6-13(8-15(14)21-4)16(20)18(2)10-12-9-17-19(3)11-12/h6-9,11H,5,10H2,1-4H3. The van der Waals surface area contributed by atoms with Crippen LogP contribution in [0.15, 0.2) is 30.6 Å². The first-order chi connectivity index (χ1) is 10.5. The van der Waals surface area contributed by atoms with Gasteiger partial charge in [-0.2, -0.15) is 5.10 Å². The average Bonchev–Trinajstić information content (AvgIpc) is 2.92. The molecule has 0 saturated carbocycles. The largest absolute Gasteiger partial charge is 0.493 e. The van der Waals surface area contributed by atoms with Crippen LogP contribution < -0.4 is 9.47 Å². The molecular formula is C16H21N3O3. The molecule has 0 aliphatic rings. The van der Waals surface area contributed by atoms with Crippen LogP contribution in [-0.4, -0.2) is 41.4 Å². The van der Waals surface area contributed by atoms with Gasteiger partial charge in [0.05, 0.1) is 19.9 Å². The summed E-state index contributed by atoms with van der Waals surface area (Å²) in [5.41, 5.74) is 1.54. The van der Waals surface area contributed by atoms with Crippen LogP contribution >= 0.6 is 0 Å². The number of aromatic nitrogens is 2. The quantitative estimate of drug-likeness (QED) is 0.820. The van der Waals surface area contributed by atoms with Crippen molar-refractivity contribution < 1.29 is 14.3 Å². The summed E-state index contributed by atoms with van der Waals surface area (Å²) in [5.74, 6) is 1.11. The predicted molar refractivity (Wildman–Crippen MR) is 83.2 cm³/mol. The van der Waals surface area contributed by atoms with Gasteiger partial charge in [0.2, 0.25) is 0 Å². The van der Waals surface area contributed by atoms with E-state index in [1.54, 1.807) is 48.1 Å². The average molecular weight is 303 g/mol. The number of ether oxygens (including phenoxy) is 2. The number of carbonyl (C=O) groups is 1. The van der Waals surface area contributed by atoms with Gasteiger partial charge in [0, 0.05) is 38.0 Å². The lowest BCUT2D eigenvalue weighted by atomic mass is 10.1. The van der Waals surface area contributed by atoms with Crippen LogP contribution in [0.2, 0.25) is 0 Å². The molecule has 118 valence electrons. The Morgan fingerprint density at radius 2 is 2.14 bits per heavy atom. The summed E-state index contributed by atoms with van der Waals surface area (Å²) < 4.78 is 12.5. The Morgan fingerprint density at radius 3 is 2.73 bits per heavy atom. The van der Waals surface area contributed by atoms with Gasteiger partial charge < -0.3 is 14.4 Å². The summed E-state index contributed by atoms with van der Waals surface area (Å²) in [6, 6.07) is 5.20. The van der Waals surface area contributed by atoms with E-state index >= 15 is 0 Å². The highest BCUT2D eigenvalue weighted by Crippen LogP contribution is 2.28. The van der Waals surface area contributed by atoms with E-state index in [2.05, 4.69) is 5.10 Å². The van der Waals surface area contributed by atoms with Crippen molar-refractivity contribution in [1.82, 2.24) is 14.7 Å². The van der Waals surface area contributed by atoms with Crippen molar-refractivity contribution >= 4 is 5.91 Å². The van der Waals surface area contributed by atoms with Crippen molar-refractivity contribution in [2.45, 2.75) is 13.5 Å². The molecule has 2 aromatic rings. The minimum atomic E-state index is -0.0785. The summed E-state index contributed by atoms with van der Waals surface area (Å²) in [5, 5.41) is 4.10. The molecule has 0 aliphatic carbocycles. The summed E-state index contributed by atoms with van der Waals surface area (Å²) in [6.07, 6.45) is 3.64. The molecular weight excluding hydrogens is 282 g/mol. The van der Waals surface area contributed by atoms with Gasteiger partial charge in [-0.25, -0.2) is 0 Å². The fraction of sp³-hybridized carbons (Fsp3) is 0.375. The predicted octanol–water partition coefficient (Wildman–Crippen LogP) is 2.10. The molecule has 6 heteroatoms. The summed E-state index contributed by atoms with van der Waals surface area (Å²) in [4.78, 5) is 14.1. The molecule has 0 atom stereocenters. The molecule has 0 spiro atoms. The van der Waals surface area contributed by atoms with Gasteiger partial charge in [0.1, 0.15) is 0 Å². The van der Waals surface area contributed by atoms with Crippen molar-refractivity contribution in [3.05, 3.63) is 41.7 Å². The van der Waals surface area contributed by atoms with Crippen LogP contribution in [-0.2, 0) is 13.6 Å². The Balaban J connectivity index is 2.14. The lowest BCUT2D eigenvalue weighted by molar-refractivity contribution is 0.0784. The maximum absolute atomic E-state index is 12.5. The third kappa shape index (κ3) is 3.58. The van der Waals surface area contributed by atoms with Crippen LogP contribution in [0, 0.1) is 0 Å². The number of amides is 1. The van der Waals surface area contributed by atoms with E-state index in [0.717, 1.165) is 5.56 Å². The number of carbonyl (C=O) groups excluding carboxylic acids is 1. The Morgan fingerprint density at radius 1 is 1.36 bits per heavy atom. The molecule has 22 heavy (non-hydrogen) atoms. The second-order valence-corrected chi connectivity index (χ2v) is 4.98. The van der Waals surface area contributed by atoms with Gasteiger partial charge in [0.15, 0.2) is 11.5 Å². The molecule has 1 aromatic heterocycles. The Hall–Kier alpha value is -2.50. The number of rotatable bonds is 6. The molecule has 2 rings (SSSR count). The molecule has 1 aromatic carbocycles. The molecule has 0 saturated heterocycles. The van der Waals surface area contributed by atoms with Gasteiger partial charge in [-0.3, -0.25) is 9.48 Å². The number of hydrogen-bond donors (Lipinski definition) is 0. The van der Waals surface area contributed by atoms with E-state index in [1.807, 2.05) is 20.2 Å². The maximum atomic E-state index is 12.5. The number of methoxy groups -OCH3 is 1. The lowest BCUT2D eigenvalue weighted by Crippen LogP contribution is -2.26. The first-order valence-electron chi connectivity index (χ1n) is 7.09. The van der Waals surface area contributed by atoms with Crippen LogP contribution in [0.25, 0.3) is 0 Å². The number of hydrogen-bond acceptors (Lipinski definition) is 4. The zero-order chi connectivity index (χ0) is 16.1. The minimum absolute atomic E-state index is 0.0785. The summed E-state index contributed by atoms with van der Waals surface area (Å²) in [7, 11) is 5.17. The van der Waals surface area contributed by atoms with Crippen molar-refractivity contribution in [2.75, 3.05) is 20.8 Å². The van der Waals surface area contributed by atoms with Gasteiger partial charge in [-0.1, -0.05) is 0 Å². The minimum Gasteiger partial charge on any atom is -0.493 e. The van der Waals surface area contributed by atoms with Crippen molar-refractivity contribution in [3.8, 4) is 11.5 Å². The van der Waals surface area contributed by atoms with Crippen LogP contribution in [0.5, 0.6) is 11.5 Å². The van der Waals surface area contributed by atoms with E-state index < -0.39 is 0 Å². The van der Waals surface area contributed by atoms with Gasteiger partial charge in [0.25, 0.3) is 5.91 Å². The summed E-state index contributed by atoms with van der Waals surface area (Å²) >= 11 is 0. The van der Waals surface area contributed by atoms with E-state index in [0.29, 0.717) is 30.2 Å². The van der Waals surface area contributed by atoms with E-state index in [1.165, 1.54) is 0 Å².